The Morgan fingerprint density at radius 1 is 1.00 bits per heavy atom. The van der Waals surface area contributed by atoms with Gasteiger partial charge < -0.3 is 13.3 Å². The van der Waals surface area contributed by atoms with Crippen molar-refractivity contribution < 1.29 is 13.3 Å². The summed E-state index contributed by atoms with van der Waals surface area (Å²) in [6.45, 7) is 0. The second-order valence-corrected chi connectivity index (χ2v) is 6.97. The van der Waals surface area contributed by atoms with Crippen molar-refractivity contribution in [3.8, 4) is 0 Å². The van der Waals surface area contributed by atoms with Crippen LogP contribution in [0, 0.1) is 0 Å². The van der Waals surface area contributed by atoms with Crippen LogP contribution in [0.2, 0.25) is 0 Å². The lowest BCUT2D eigenvalue weighted by molar-refractivity contribution is 0.122. The third-order valence-corrected chi connectivity index (χ3v) is 5.77. The molecule has 0 aliphatic heterocycles. The van der Waals surface area contributed by atoms with E-state index in [1.54, 1.807) is 27.5 Å². The second-order valence-electron chi connectivity index (χ2n) is 4.03. The quantitative estimate of drug-likeness (QED) is 0.775. The van der Waals surface area contributed by atoms with Crippen molar-refractivity contribution in [3.05, 3.63) is 42.2 Å². The van der Waals surface area contributed by atoms with Crippen LogP contribution < -0.4 is 0 Å². The number of fused-ring (bicyclic) bond motifs is 1. The highest BCUT2D eigenvalue weighted by molar-refractivity contribution is 6.60. The van der Waals surface area contributed by atoms with Gasteiger partial charge in [-0.05, 0) is 17.0 Å². The Morgan fingerprint density at radius 3 is 2.39 bits per heavy atom. The third kappa shape index (κ3) is 2.59. The highest BCUT2D eigenvalue weighted by Gasteiger charge is 2.37. The predicted octanol–water partition coefficient (Wildman–Crippen LogP) is 2.19. The van der Waals surface area contributed by atoms with E-state index in [0.717, 1.165) is 16.3 Å². The van der Waals surface area contributed by atoms with E-state index in [9.17, 15) is 0 Å². The van der Waals surface area contributed by atoms with Crippen LogP contribution in [0.5, 0.6) is 0 Å². The summed E-state index contributed by atoms with van der Waals surface area (Å²) in [7, 11) is 2.33. The average molecular weight is 263 g/mol. The summed E-state index contributed by atoms with van der Waals surface area (Å²) < 4.78 is 16.3. The van der Waals surface area contributed by atoms with Gasteiger partial charge in [0.05, 0.1) is 0 Å². The predicted molar refractivity (Wildman–Crippen MR) is 72.2 cm³/mol. The molecule has 2 rings (SSSR count). The number of aromatic nitrogens is 1. The lowest BCUT2D eigenvalue weighted by atomic mass is 10.1. The molecular formula is C13H17NO3Si. The Morgan fingerprint density at radius 2 is 1.72 bits per heavy atom. The van der Waals surface area contributed by atoms with Gasteiger partial charge >= 0.3 is 8.80 Å². The topological polar surface area (TPSA) is 40.6 Å². The van der Waals surface area contributed by atoms with Crippen molar-refractivity contribution in [2.24, 2.45) is 0 Å². The molecule has 0 aliphatic carbocycles. The normalized spacial score (nSPS) is 11.9. The molecule has 0 unspecified atom stereocenters. The molecule has 0 saturated carbocycles. The molecule has 0 atom stereocenters. The van der Waals surface area contributed by atoms with Gasteiger partial charge in [-0.3, -0.25) is 4.98 Å². The van der Waals surface area contributed by atoms with Gasteiger partial charge in [0.1, 0.15) is 0 Å². The van der Waals surface area contributed by atoms with E-state index in [1.165, 1.54) is 0 Å². The molecular weight excluding hydrogens is 246 g/mol. The summed E-state index contributed by atoms with van der Waals surface area (Å²) in [5.41, 5.74) is 1.14. The molecule has 0 saturated heterocycles. The maximum Gasteiger partial charge on any atom is 0.504 e. The molecule has 18 heavy (non-hydrogen) atoms. The molecule has 0 aliphatic rings. The molecule has 0 N–H and O–H groups in total. The fraction of sp³-hybridized carbons (Fsp3) is 0.308. The molecule has 2 aromatic rings. The Balaban J connectivity index is 2.31. The Labute approximate surface area is 108 Å². The van der Waals surface area contributed by atoms with Gasteiger partial charge in [0.2, 0.25) is 0 Å². The lowest BCUT2D eigenvalue weighted by Gasteiger charge is -2.24. The number of hydrogen-bond acceptors (Lipinski definition) is 4. The first-order valence-corrected chi connectivity index (χ1v) is 7.64. The van der Waals surface area contributed by atoms with Crippen LogP contribution in [-0.2, 0) is 19.3 Å². The maximum absolute atomic E-state index is 5.43. The Bertz CT molecular complexity index is 520. The molecule has 5 heteroatoms. The molecule has 0 bridgehead atoms. The summed E-state index contributed by atoms with van der Waals surface area (Å²) in [4.78, 5) is 4.10. The molecule has 0 amide bonds. The van der Waals surface area contributed by atoms with Crippen LogP contribution in [0.1, 0.15) is 5.56 Å². The Kier molecular flexibility index (Phi) is 4.08. The SMILES string of the molecule is CO[Si](Cc1ccc2cnccc2c1)(OC)OC. The maximum atomic E-state index is 5.43. The fourth-order valence-electron chi connectivity index (χ4n) is 1.96. The monoisotopic (exact) mass is 263 g/mol. The van der Waals surface area contributed by atoms with Crippen molar-refractivity contribution in [1.82, 2.24) is 4.98 Å². The van der Waals surface area contributed by atoms with Crippen molar-refractivity contribution in [3.63, 3.8) is 0 Å². The highest BCUT2D eigenvalue weighted by Crippen LogP contribution is 2.19. The summed E-state index contributed by atoms with van der Waals surface area (Å²) >= 11 is 0. The van der Waals surface area contributed by atoms with Crippen molar-refractivity contribution >= 4 is 19.6 Å². The minimum Gasteiger partial charge on any atom is -0.377 e. The molecule has 4 nitrogen and oxygen atoms in total. The van der Waals surface area contributed by atoms with Gasteiger partial charge in [-0.15, -0.1) is 0 Å². The van der Waals surface area contributed by atoms with Gasteiger partial charge in [0.25, 0.3) is 0 Å². The minimum atomic E-state index is -2.56. The molecule has 0 radical (unpaired) electrons. The first-order chi connectivity index (χ1) is 8.73. The van der Waals surface area contributed by atoms with Crippen LogP contribution in [0.25, 0.3) is 10.8 Å². The summed E-state index contributed by atoms with van der Waals surface area (Å²) in [6, 6.07) is 8.89. The number of benzene rings is 1. The van der Waals surface area contributed by atoms with Crippen LogP contribution >= 0.6 is 0 Å². The summed E-state index contributed by atoms with van der Waals surface area (Å²) in [6.07, 6.45) is 3.65. The van der Waals surface area contributed by atoms with Gasteiger partial charge in [-0.25, -0.2) is 0 Å². The third-order valence-electron chi connectivity index (χ3n) is 3.06. The van der Waals surface area contributed by atoms with Crippen LogP contribution in [0.4, 0.5) is 0 Å². The molecule has 1 aromatic carbocycles. The van der Waals surface area contributed by atoms with Gasteiger partial charge in [-0.1, -0.05) is 18.2 Å². The Hall–Kier alpha value is -1.27. The van der Waals surface area contributed by atoms with E-state index in [-0.39, 0.29) is 0 Å². The number of hydrogen-bond donors (Lipinski definition) is 0. The zero-order chi connectivity index (χ0) is 13.0. The van der Waals surface area contributed by atoms with Crippen molar-refractivity contribution in [2.45, 2.75) is 6.04 Å². The van der Waals surface area contributed by atoms with E-state index in [0.29, 0.717) is 6.04 Å². The smallest absolute Gasteiger partial charge is 0.377 e. The average Bonchev–Trinajstić information content (AvgIpc) is 2.45. The number of rotatable bonds is 5. The first-order valence-electron chi connectivity index (χ1n) is 5.71. The lowest BCUT2D eigenvalue weighted by Crippen LogP contribution is -2.45. The molecule has 96 valence electrons. The first kappa shape index (κ1) is 13.2. The minimum absolute atomic E-state index is 0.661. The highest BCUT2D eigenvalue weighted by atomic mass is 28.4. The summed E-state index contributed by atoms with van der Waals surface area (Å²) in [5.74, 6) is 0. The van der Waals surface area contributed by atoms with E-state index < -0.39 is 8.80 Å². The largest absolute Gasteiger partial charge is 0.504 e. The number of nitrogens with zero attached hydrogens (tertiary/aromatic N) is 1. The zero-order valence-corrected chi connectivity index (χ0v) is 11.8. The molecule has 0 spiro atoms. The van der Waals surface area contributed by atoms with Crippen molar-refractivity contribution in [1.29, 1.82) is 0 Å². The van der Waals surface area contributed by atoms with E-state index >= 15 is 0 Å². The zero-order valence-electron chi connectivity index (χ0n) is 10.8. The van der Waals surface area contributed by atoms with Gasteiger partial charge in [0, 0.05) is 45.2 Å². The van der Waals surface area contributed by atoms with Crippen LogP contribution in [0.15, 0.2) is 36.7 Å². The molecule has 0 fully saturated rings. The second kappa shape index (κ2) is 5.58. The van der Waals surface area contributed by atoms with Crippen molar-refractivity contribution in [2.75, 3.05) is 21.3 Å². The number of pyridine rings is 1. The van der Waals surface area contributed by atoms with Crippen LogP contribution in [0.3, 0.4) is 0 Å². The van der Waals surface area contributed by atoms with Gasteiger partial charge in [-0.2, -0.15) is 0 Å². The molecule has 1 aromatic heterocycles. The van der Waals surface area contributed by atoms with Gasteiger partial charge in [0.15, 0.2) is 0 Å². The van der Waals surface area contributed by atoms with E-state index in [2.05, 4.69) is 23.2 Å². The van der Waals surface area contributed by atoms with Crippen LogP contribution in [-0.4, -0.2) is 35.1 Å². The summed E-state index contributed by atoms with van der Waals surface area (Å²) in [5, 5.41) is 2.29. The van der Waals surface area contributed by atoms with E-state index in [1.807, 2.05) is 12.3 Å². The van der Waals surface area contributed by atoms with E-state index in [4.69, 9.17) is 13.3 Å². The molecule has 1 heterocycles. The standard InChI is InChI=1S/C13H17NO3Si/c1-15-18(16-2,17-3)10-11-4-5-13-9-14-7-6-12(13)8-11/h4-9H,10H2,1-3H3. The fourth-order valence-corrected chi connectivity index (χ4v) is 3.61.